The van der Waals surface area contributed by atoms with E-state index in [4.69, 9.17) is 50.3 Å². The van der Waals surface area contributed by atoms with Gasteiger partial charge in [0, 0.05) is 118 Å². The summed E-state index contributed by atoms with van der Waals surface area (Å²) in [7, 11) is 4.43. The molecule has 8 N–H and O–H groups in total. The number of carbonyl (C=O) groups is 2. The highest BCUT2D eigenvalue weighted by atomic mass is 16.4. The zero-order valence-corrected chi connectivity index (χ0v) is 48.5. The maximum Gasteiger partial charge on any atom is 0.300 e. The summed E-state index contributed by atoms with van der Waals surface area (Å²) in [5.74, 6) is 0.196. The van der Waals surface area contributed by atoms with Crippen molar-refractivity contribution in [1.82, 2.24) is 59.1 Å². The summed E-state index contributed by atoms with van der Waals surface area (Å²) in [6.07, 6.45) is 15.7. The number of para-hydroxylation sites is 1. The fraction of sp³-hybridized carbons (Fsp3) is 0.419. The van der Waals surface area contributed by atoms with Crippen LogP contribution in [0.15, 0.2) is 119 Å². The van der Waals surface area contributed by atoms with E-state index in [-0.39, 0.29) is 0 Å². The first-order valence-electron chi connectivity index (χ1n) is 29.1. The summed E-state index contributed by atoms with van der Waals surface area (Å²) in [4.78, 5) is 46.1. The van der Waals surface area contributed by atoms with Crippen molar-refractivity contribution < 1.29 is 28.6 Å². The zero-order chi connectivity index (χ0) is 58.7. The van der Waals surface area contributed by atoms with E-state index in [1.54, 1.807) is 25.2 Å². The van der Waals surface area contributed by atoms with Gasteiger partial charge in [-0.15, -0.1) is 0 Å². The Morgan fingerprint density at radius 2 is 1.00 bits per heavy atom. The molecule has 6 aromatic heterocycles. The largest absolute Gasteiger partial charge is 0.481 e. The highest BCUT2D eigenvalue weighted by Gasteiger charge is 2.33. The van der Waals surface area contributed by atoms with Crippen LogP contribution in [0.25, 0.3) is 55.6 Å². The summed E-state index contributed by atoms with van der Waals surface area (Å²) < 4.78 is 15.3. The smallest absolute Gasteiger partial charge is 0.300 e. The molecule has 0 unspecified atom stereocenters. The molecule has 3 aromatic carbocycles. The number of furan rings is 2. The summed E-state index contributed by atoms with van der Waals surface area (Å²) in [5, 5.41) is 34.7. The van der Waals surface area contributed by atoms with Gasteiger partial charge in [0.1, 0.15) is 47.0 Å². The SMILES string of the molecule is CC(=O)O.CC(=O)O.CN1CCN(C2CCC(n3nc(-c4ccc(NCc5cc6ccccc6o5)cc4)c4c(N)ncnc43)CC2)CC1.CN1CCN(C2CCC(n3nc(-c4ccc(NCc5ccoc5)cc4)c4c(N)ncnc43)CC2)CC1. The Hall–Kier alpha value is -8.44. The van der Waals surface area contributed by atoms with Gasteiger partial charge in [0.05, 0.1) is 41.9 Å². The van der Waals surface area contributed by atoms with Crippen LogP contribution in [0.4, 0.5) is 23.0 Å². The topological polar surface area (TPSA) is 277 Å². The second-order valence-corrected chi connectivity index (χ2v) is 22.4. The first-order chi connectivity index (χ1) is 40.7. The number of hydrogen-bond donors (Lipinski definition) is 6. The van der Waals surface area contributed by atoms with Gasteiger partial charge in [-0.2, -0.15) is 10.2 Å². The minimum absolute atomic E-state index is 0.319. The second kappa shape index (κ2) is 27.3. The fourth-order valence-electron chi connectivity index (χ4n) is 12.0. The van der Waals surface area contributed by atoms with Crippen LogP contribution in [0.3, 0.4) is 0 Å². The van der Waals surface area contributed by atoms with Crippen LogP contribution >= 0.6 is 0 Å². The van der Waals surface area contributed by atoms with Crippen LogP contribution in [0, 0.1) is 0 Å². The number of rotatable bonds is 12. The lowest BCUT2D eigenvalue weighted by Crippen LogP contribution is -2.49. The van der Waals surface area contributed by atoms with E-state index in [9.17, 15) is 0 Å². The molecule has 0 amide bonds. The molecular formula is C62H78N16O6. The Kier molecular flexibility index (Phi) is 19.1. The van der Waals surface area contributed by atoms with Gasteiger partial charge in [0.15, 0.2) is 11.3 Å². The Morgan fingerprint density at radius 3 is 1.43 bits per heavy atom. The van der Waals surface area contributed by atoms with Gasteiger partial charge >= 0.3 is 0 Å². The zero-order valence-electron chi connectivity index (χ0n) is 48.5. The Morgan fingerprint density at radius 1 is 0.571 bits per heavy atom. The Balaban J connectivity index is 0.000000167. The number of carboxylic acid groups (broad SMARTS) is 2. The van der Waals surface area contributed by atoms with Crippen molar-refractivity contribution in [3.63, 3.8) is 0 Å². The number of aliphatic carboxylic acids is 2. The molecule has 4 aliphatic rings. The van der Waals surface area contributed by atoms with Gasteiger partial charge in [-0.3, -0.25) is 19.4 Å². The van der Waals surface area contributed by atoms with Crippen molar-refractivity contribution in [2.75, 3.05) is 88.6 Å². The second-order valence-electron chi connectivity index (χ2n) is 22.4. The number of likely N-dealkylation sites (N-methyl/N-ethyl adjacent to an activating group) is 2. The summed E-state index contributed by atoms with van der Waals surface area (Å²) in [6.45, 7) is 12.9. The van der Waals surface area contributed by atoms with Crippen LogP contribution in [0.1, 0.15) is 88.6 Å². The van der Waals surface area contributed by atoms with E-state index in [1.807, 2.05) is 24.3 Å². The number of carboxylic acids is 2. The Bertz CT molecular complexity index is 3520. The molecule has 13 rings (SSSR count). The van der Waals surface area contributed by atoms with Crippen LogP contribution in [-0.4, -0.2) is 160 Å². The first kappa shape index (κ1) is 58.7. The molecule has 4 fully saturated rings. The lowest BCUT2D eigenvalue weighted by Gasteiger charge is -2.41. The number of nitrogens with one attached hydrogen (secondary N) is 2. The van der Waals surface area contributed by atoms with Crippen molar-refractivity contribution in [2.24, 2.45) is 0 Å². The lowest BCUT2D eigenvalue weighted by atomic mass is 9.90. The molecule has 22 nitrogen and oxygen atoms in total. The molecule has 8 heterocycles. The van der Waals surface area contributed by atoms with Crippen LogP contribution in [0.5, 0.6) is 0 Å². The van der Waals surface area contributed by atoms with E-state index in [2.05, 4.69) is 134 Å². The lowest BCUT2D eigenvalue weighted by molar-refractivity contribution is -0.135. The summed E-state index contributed by atoms with van der Waals surface area (Å²) >= 11 is 0. The summed E-state index contributed by atoms with van der Waals surface area (Å²) in [6, 6.07) is 30.7. The maximum absolute atomic E-state index is 9.00. The highest BCUT2D eigenvalue weighted by molar-refractivity contribution is 5.99. The molecule has 22 heteroatoms. The molecule has 2 aliphatic carbocycles. The number of benzene rings is 3. The van der Waals surface area contributed by atoms with Crippen LogP contribution in [0.2, 0.25) is 0 Å². The van der Waals surface area contributed by atoms with Crippen LogP contribution < -0.4 is 22.1 Å². The van der Waals surface area contributed by atoms with Crippen molar-refractivity contribution in [1.29, 1.82) is 0 Å². The number of anilines is 4. The van der Waals surface area contributed by atoms with E-state index < -0.39 is 11.9 Å². The average molecular weight is 1140 g/mol. The fourth-order valence-corrected chi connectivity index (χ4v) is 12.0. The van der Waals surface area contributed by atoms with E-state index in [1.165, 1.54) is 65.0 Å². The number of nitrogen functional groups attached to an aromatic ring is 2. The molecule has 442 valence electrons. The molecule has 2 aliphatic heterocycles. The van der Waals surface area contributed by atoms with Gasteiger partial charge in [-0.1, -0.05) is 42.5 Å². The molecule has 0 spiro atoms. The third-order valence-electron chi connectivity index (χ3n) is 16.5. The van der Waals surface area contributed by atoms with Gasteiger partial charge in [0.2, 0.25) is 0 Å². The normalized spacial score (nSPS) is 19.8. The van der Waals surface area contributed by atoms with E-state index in [0.29, 0.717) is 48.9 Å². The van der Waals surface area contributed by atoms with Crippen molar-refractivity contribution in [3.05, 3.63) is 121 Å². The van der Waals surface area contributed by atoms with Crippen molar-refractivity contribution in [2.45, 2.75) is 102 Å². The maximum atomic E-state index is 9.00. The number of hydrogen-bond acceptors (Lipinski definition) is 18. The van der Waals surface area contributed by atoms with E-state index >= 15 is 0 Å². The molecule has 0 atom stereocenters. The van der Waals surface area contributed by atoms with E-state index in [0.717, 1.165) is 131 Å². The molecule has 0 radical (unpaired) electrons. The molecule has 84 heavy (non-hydrogen) atoms. The van der Waals surface area contributed by atoms with Gasteiger partial charge in [-0.25, -0.2) is 29.3 Å². The molecular weight excluding hydrogens is 1060 g/mol. The van der Waals surface area contributed by atoms with Crippen molar-refractivity contribution >= 4 is 68.0 Å². The minimum atomic E-state index is -0.833. The first-order valence-corrected chi connectivity index (χ1v) is 29.1. The number of nitrogens with two attached hydrogens (primary N) is 2. The van der Waals surface area contributed by atoms with Crippen LogP contribution in [-0.2, 0) is 22.7 Å². The molecule has 2 saturated heterocycles. The summed E-state index contributed by atoms with van der Waals surface area (Å²) in [5.41, 5.74) is 22.2. The Labute approximate surface area is 488 Å². The number of fused-ring (bicyclic) bond motifs is 3. The number of piperazine rings is 2. The van der Waals surface area contributed by atoms with Gasteiger partial charge in [-0.05, 0) is 108 Å². The molecule has 2 saturated carbocycles. The number of aromatic nitrogens is 8. The molecule has 9 aromatic rings. The third kappa shape index (κ3) is 14.5. The van der Waals surface area contributed by atoms with Crippen molar-refractivity contribution in [3.8, 4) is 22.5 Å². The monoisotopic (exact) mass is 1140 g/mol. The standard InChI is InChI=1S/C31H36N8O.C27H34N8O.2C2H4O2/c1-37-14-16-38(17-15-37)24-10-12-25(13-11-24)39-31-28(30(32)34-20-35-31)29(36-39)21-6-8-23(9-7-21)33-19-26-18-22-4-2-3-5-27(22)40-26;1-33-11-13-34(14-12-33)22-6-8-23(9-7-22)35-27-24(26(28)30-18-31-27)25(32-35)20-2-4-21(5-3-20)29-16-19-10-15-36-17-19;2*1-2(3)4/h2-9,18,20,24-25,33H,10-17,19H2,1H3,(H2,32,34,35);2-5,10,15,17-18,22-23,29H,6-9,11-14,16H2,1H3,(H2,28,30,31);2*1H3,(H,3,4). The third-order valence-corrected chi connectivity index (χ3v) is 16.5. The average Bonchev–Trinajstić information content (AvgIpc) is 3.44. The quantitative estimate of drug-likeness (QED) is 0.0664. The predicted octanol–water partition coefficient (Wildman–Crippen LogP) is 9.36. The predicted molar refractivity (Wildman–Crippen MR) is 327 cm³/mol. The minimum Gasteiger partial charge on any atom is -0.481 e. The highest BCUT2D eigenvalue weighted by Crippen LogP contribution is 2.39. The number of nitrogens with zero attached hydrogens (tertiary/aromatic N) is 12. The van der Waals surface area contributed by atoms with Gasteiger partial charge < -0.3 is 50.9 Å². The molecule has 0 bridgehead atoms. The van der Waals surface area contributed by atoms with Gasteiger partial charge in [0.25, 0.3) is 11.9 Å².